The molecule has 0 fully saturated rings. The molecule has 2 N–H and O–H groups in total. The van der Waals surface area contributed by atoms with Gasteiger partial charge in [0.2, 0.25) is 5.91 Å². The molecule has 0 radical (unpaired) electrons. The van der Waals surface area contributed by atoms with E-state index < -0.39 is 40.6 Å². The molecule has 1 aromatic rings. The third kappa shape index (κ3) is 5.38. The first-order chi connectivity index (χ1) is 10.9. The van der Waals surface area contributed by atoms with Crippen molar-refractivity contribution in [2.24, 2.45) is 5.92 Å². The average Bonchev–Trinajstić information content (AvgIpc) is 2.46. The van der Waals surface area contributed by atoms with Crippen LogP contribution in [0.4, 0.5) is 18.9 Å². The summed E-state index contributed by atoms with van der Waals surface area (Å²) in [4.78, 5) is 24.5. The van der Waals surface area contributed by atoms with Crippen LogP contribution in [0.3, 0.4) is 0 Å². The van der Waals surface area contributed by atoms with Gasteiger partial charge in [0.25, 0.3) is 0 Å². The number of nitrogens with zero attached hydrogens (tertiary/aromatic N) is 1. The fraction of sp³-hybridized carbons (Fsp3) is 0.467. The molecule has 2 unspecified atom stereocenters. The normalized spacial score (nSPS) is 14.3. The molecular formula is C15H18ClF3N2O3. The first-order valence-corrected chi connectivity index (χ1v) is 7.42. The van der Waals surface area contributed by atoms with Gasteiger partial charge in [-0.25, -0.2) is 0 Å². The number of carbonyl (C=O) groups is 2. The van der Waals surface area contributed by atoms with Crippen LogP contribution in [0.5, 0.6) is 0 Å². The number of likely N-dealkylation sites (N-methyl/N-ethyl adjacent to an activating group) is 1. The number of carboxylic acid groups (broad SMARTS) is 1. The standard InChI is InChI=1S/C15H18ClF3N2O3/c1-8(14(23)24)7-21(3)9(2)13(22)20-10-4-5-12(16)11(6-10)15(17,18)19/h4-6,8-9H,7H2,1-3H3,(H,20,22)(H,23,24). The van der Waals surface area contributed by atoms with Gasteiger partial charge in [0.05, 0.1) is 22.5 Å². The van der Waals surface area contributed by atoms with E-state index in [0.717, 1.165) is 12.1 Å². The zero-order valence-electron chi connectivity index (χ0n) is 13.3. The molecule has 0 aliphatic rings. The van der Waals surface area contributed by atoms with Crippen molar-refractivity contribution in [3.63, 3.8) is 0 Å². The number of halogens is 4. The number of benzene rings is 1. The predicted octanol–water partition coefficient (Wildman–Crippen LogP) is 3.34. The summed E-state index contributed by atoms with van der Waals surface area (Å²) < 4.78 is 38.4. The van der Waals surface area contributed by atoms with E-state index in [9.17, 15) is 22.8 Å². The second-order valence-corrected chi connectivity index (χ2v) is 5.94. The molecule has 5 nitrogen and oxygen atoms in total. The summed E-state index contributed by atoms with van der Waals surface area (Å²) in [6, 6.07) is 2.35. The topological polar surface area (TPSA) is 69.6 Å². The highest BCUT2D eigenvalue weighted by Crippen LogP contribution is 2.36. The molecule has 0 aliphatic heterocycles. The molecule has 0 spiro atoms. The number of nitrogens with one attached hydrogen (secondary N) is 1. The molecule has 0 saturated heterocycles. The lowest BCUT2D eigenvalue weighted by molar-refractivity contribution is -0.142. The van der Waals surface area contributed by atoms with Crippen molar-refractivity contribution in [1.29, 1.82) is 0 Å². The highest BCUT2D eigenvalue weighted by Gasteiger charge is 2.33. The first kappa shape index (κ1) is 20.2. The van der Waals surface area contributed by atoms with Crippen molar-refractivity contribution in [2.75, 3.05) is 18.9 Å². The van der Waals surface area contributed by atoms with E-state index in [1.54, 1.807) is 7.05 Å². The van der Waals surface area contributed by atoms with E-state index >= 15 is 0 Å². The summed E-state index contributed by atoms with van der Waals surface area (Å²) in [6.45, 7) is 3.15. The van der Waals surface area contributed by atoms with Crippen LogP contribution in [0.15, 0.2) is 18.2 Å². The summed E-state index contributed by atoms with van der Waals surface area (Å²) in [5.74, 6) is -2.23. The maximum atomic E-state index is 12.8. The van der Waals surface area contributed by atoms with Crippen LogP contribution < -0.4 is 5.32 Å². The van der Waals surface area contributed by atoms with Crippen LogP contribution in [-0.4, -0.2) is 41.5 Å². The van der Waals surface area contributed by atoms with E-state index in [2.05, 4.69) is 5.32 Å². The Morgan fingerprint density at radius 1 is 1.33 bits per heavy atom. The Labute approximate surface area is 142 Å². The minimum atomic E-state index is -4.63. The van der Waals surface area contributed by atoms with E-state index in [1.807, 2.05) is 0 Å². The van der Waals surface area contributed by atoms with Gasteiger partial charge in [-0.3, -0.25) is 14.5 Å². The van der Waals surface area contributed by atoms with Gasteiger partial charge < -0.3 is 10.4 Å². The molecule has 0 heterocycles. The second kappa shape index (κ2) is 7.85. The lowest BCUT2D eigenvalue weighted by Gasteiger charge is -2.25. The van der Waals surface area contributed by atoms with Gasteiger partial charge >= 0.3 is 12.1 Å². The van der Waals surface area contributed by atoms with E-state index in [1.165, 1.54) is 24.8 Å². The number of hydrogen-bond acceptors (Lipinski definition) is 3. The average molecular weight is 367 g/mol. The number of amides is 1. The molecule has 0 aliphatic carbocycles. The molecule has 134 valence electrons. The molecule has 2 atom stereocenters. The van der Waals surface area contributed by atoms with Crippen molar-refractivity contribution >= 4 is 29.2 Å². The maximum absolute atomic E-state index is 12.8. The zero-order valence-corrected chi connectivity index (χ0v) is 14.1. The van der Waals surface area contributed by atoms with Crippen molar-refractivity contribution in [3.05, 3.63) is 28.8 Å². The van der Waals surface area contributed by atoms with Gasteiger partial charge in [-0.1, -0.05) is 18.5 Å². The van der Waals surface area contributed by atoms with Crippen LogP contribution in [0.2, 0.25) is 5.02 Å². The fourth-order valence-corrected chi connectivity index (χ4v) is 2.16. The zero-order chi connectivity index (χ0) is 18.7. The maximum Gasteiger partial charge on any atom is 0.417 e. The van der Waals surface area contributed by atoms with Gasteiger partial charge in [0.15, 0.2) is 0 Å². The summed E-state index contributed by atoms with van der Waals surface area (Å²) in [7, 11) is 1.56. The van der Waals surface area contributed by atoms with Gasteiger partial charge in [-0.2, -0.15) is 13.2 Å². The molecule has 1 rings (SSSR count). The summed E-state index contributed by atoms with van der Waals surface area (Å²) in [5, 5.41) is 10.8. The number of alkyl halides is 3. The highest BCUT2D eigenvalue weighted by atomic mass is 35.5. The van der Waals surface area contributed by atoms with Crippen LogP contribution in [0.1, 0.15) is 19.4 Å². The van der Waals surface area contributed by atoms with Gasteiger partial charge in [0.1, 0.15) is 0 Å². The minimum absolute atomic E-state index is 0.0386. The number of carbonyl (C=O) groups excluding carboxylic acids is 1. The Morgan fingerprint density at radius 3 is 2.42 bits per heavy atom. The predicted molar refractivity (Wildman–Crippen MR) is 84.0 cm³/mol. The number of rotatable bonds is 6. The summed E-state index contributed by atoms with van der Waals surface area (Å²) in [5.41, 5.74) is -1.08. The third-order valence-corrected chi connectivity index (χ3v) is 3.89. The Kier molecular flexibility index (Phi) is 6.62. The number of carboxylic acids is 1. The van der Waals surface area contributed by atoms with Crippen LogP contribution in [0, 0.1) is 5.92 Å². The first-order valence-electron chi connectivity index (χ1n) is 7.04. The highest BCUT2D eigenvalue weighted by molar-refractivity contribution is 6.31. The Hall–Kier alpha value is -1.80. The smallest absolute Gasteiger partial charge is 0.417 e. The van der Waals surface area contributed by atoms with Crippen molar-refractivity contribution < 1.29 is 27.9 Å². The molecule has 0 aromatic heterocycles. The Morgan fingerprint density at radius 2 is 1.92 bits per heavy atom. The summed E-state index contributed by atoms with van der Waals surface area (Å²) >= 11 is 5.52. The molecule has 1 aromatic carbocycles. The number of aliphatic carboxylic acids is 1. The number of anilines is 1. The Bertz CT molecular complexity index is 622. The third-order valence-electron chi connectivity index (χ3n) is 3.56. The van der Waals surface area contributed by atoms with Gasteiger partial charge in [-0.05, 0) is 32.2 Å². The fourth-order valence-electron chi connectivity index (χ4n) is 1.94. The van der Waals surface area contributed by atoms with Crippen LogP contribution in [-0.2, 0) is 15.8 Å². The lowest BCUT2D eigenvalue weighted by Crippen LogP contribution is -2.42. The van der Waals surface area contributed by atoms with Crippen LogP contribution >= 0.6 is 11.6 Å². The van der Waals surface area contributed by atoms with E-state index in [0.29, 0.717) is 0 Å². The quantitative estimate of drug-likeness (QED) is 0.810. The van der Waals surface area contributed by atoms with Crippen molar-refractivity contribution in [1.82, 2.24) is 4.90 Å². The lowest BCUT2D eigenvalue weighted by atomic mass is 10.1. The largest absolute Gasteiger partial charge is 0.481 e. The molecule has 1 amide bonds. The Balaban J connectivity index is 2.82. The monoisotopic (exact) mass is 366 g/mol. The molecule has 0 saturated carbocycles. The van der Waals surface area contributed by atoms with Crippen LogP contribution in [0.25, 0.3) is 0 Å². The van der Waals surface area contributed by atoms with Gasteiger partial charge in [0, 0.05) is 12.2 Å². The molecular weight excluding hydrogens is 349 g/mol. The molecule has 0 bridgehead atoms. The second-order valence-electron chi connectivity index (χ2n) is 5.54. The van der Waals surface area contributed by atoms with E-state index in [4.69, 9.17) is 16.7 Å². The molecule has 24 heavy (non-hydrogen) atoms. The number of hydrogen-bond donors (Lipinski definition) is 2. The minimum Gasteiger partial charge on any atom is -0.481 e. The molecule has 9 heteroatoms. The van der Waals surface area contributed by atoms with Gasteiger partial charge in [-0.15, -0.1) is 0 Å². The summed E-state index contributed by atoms with van der Waals surface area (Å²) in [6.07, 6.45) is -4.63. The SMILES string of the molecule is CC(CN(C)C(C)C(=O)Nc1ccc(Cl)c(C(F)(F)F)c1)C(=O)O. The van der Waals surface area contributed by atoms with Crippen molar-refractivity contribution in [2.45, 2.75) is 26.1 Å². The van der Waals surface area contributed by atoms with E-state index in [-0.39, 0.29) is 12.2 Å². The van der Waals surface area contributed by atoms with Crippen molar-refractivity contribution in [3.8, 4) is 0 Å².